The quantitative estimate of drug-likeness (QED) is 0.753. The molecule has 2 rings (SSSR count). The van der Waals surface area contributed by atoms with Crippen LogP contribution in [0.3, 0.4) is 0 Å². The van der Waals surface area contributed by atoms with Crippen LogP contribution in [0.4, 0.5) is 0 Å². The second-order valence-corrected chi connectivity index (χ2v) is 3.92. The van der Waals surface area contributed by atoms with Crippen LogP contribution < -0.4 is 4.74 Å². The fourth-order valence-electron chi connectivity index (χ4n) is 1.90. The molecule has 2 aromatic rings. The van der Waals surface area contributed by atoms with Crippen LogP contribution in [0.25, 0.3) is 10.9 Å². The molecule has 86 valence electrons. The highest BCUT2D eigenvalue weighted by Gasteiger charge is 2.11. The summed E-state index contributed by atoms with van der Waals surface area (Å²) in [6, 6.07) is 8.08. The molecule has 0 amide bonds. The van der Waals surface area contributed by atoms with E-state index in [0.29, 0.717) is 5.56 Å². The first kappa shape index (κ1) is 11.3. The van der Waals surface area contributed by atoms with Gasteiger partial charge in [-0.05, 0) is 19.1 Å². The lowest BCUT2D eigenvalue weighted by molar-refractivity contribution is 0.415. The molecule has 1 atom stereocenters. The summed E-state index contributed by atoms with van der Waals surface area (Å²) < 4.78 is 7.24. The number of hydrogen-bond acceptors (Lipinski definition) is 2. The molecule has 0 aliphatic heterocycles. The number of benzene rings is 1. The van der Waals surface area contributed by atoms with E-state index in [-0.39, 0.29) is 6.04 Å². The van der Waals surface area contributed by atoms with Gasteiger partial charge in [-0.25, -0.2) is 0 Å². The average molecular weight is 226 g/mol. The molecule has 0 saturated heterocycles. The van der Waals surface area contributed by atoms with Gasteiger partial charge in [-0.1, -0.05) is 6.08 Å². The number of allylic oxidation sites excluding steroid dienone is 1. The van der Waals surface area contributed by atoms with Crippen LogP contribution in [0.5, 0.6) is 5.75 Å². The third kappa shape index (κ3) is 1.78. The number of nitriles is 1. The minimum Gasteiger partial charge on any atom is -0.497 e. The zero-order valence-electron chi connectivity index (χ0n) is 9.97. The predicted octanol–water partition coefficient (Wildman–Crippen LogP) is 3.27. The number of nitrogens with zero attached hydrogens (tertiary/aromatic N) is 2. The number of fused-ring (bicyclic) bond motifs is 1. The number of ether oxygens (including phenoxy) is 1. The molecule has 1 heterocycles. The van der Waals surface area contributed by atoms with Crippen molar-refractivity contribution in [1.29, 1.82) is 5.26 Å². The maximum atomic E-state index is 9.11. The topological polar surface area (TPSA) is 38.0 Å². The average Bonchev–Trinajstić information content (AvgIpc) is 2.75. The Labute approximate surface area is 101 Å². The van der Waals surface area contributed by atoms with Gasteiger partial charge >= 0.3 is 0 Å². The molecule has 3 heteroatoms. The molecule has 1 aromatic heterocycles. The Balaban J connectivity index is 2.75. The van der Waals surface area contributed by atoms with E-state index >= 15 is 0 Å². The van der Waals surface area contributed by atoms with Crippen LogP contribution in [0.1, 0.15) is 18.5 Å². The largest absolute Gasteiger partial charge is 0.497 e. The number of aromatic nitrogens is 1. The second kappa shape index (κ2) is 4.34. The van der Waals surface area contributed by atoms with E-state index < -0.39 is 0 Å². The summed E-state index contributed by atoms with van der Waals surface area (Å²) in [5.41, 5.74) is 1.67. The highest BCUT2D eigenvalue weighted by molar-refractivity contribution is 5.87. The van der Waals surface area contributed by atoms with Gasteiger partial charge in [0.15, 0.2) is 0 Å². The molecule has 0 N–H and O–H groups in total. The standard InChI is InChI=1S/C14H14N2O/c1-4-10(2)16-9-11(8-15)13-6-5-12(17-3)7-14(13)16/h4-7,9-10H,1H2,2-3H3. The summed E-state index contributed by atoms with van der Waals surface area (Å²) in [5.74, 6) is 0.789. The fourth-order valence-corrected chi connectivity index (χ4v) is 1.90. The SMILES string of the molecule is C=CC(C)n1cc(C#N)c2ccc(OC)cc21. The highest BCUT2D eigenvalue weighted by atomic mass is 16.5. The van der Waals surface area contributed by atoms with Crippen molar-refractivity contribution in [2.75, 3.05) is 7.11 Å². The summed E-state index contributed by atoms with van der Waals surface area (Å²) in [7, 11) is 1.64. The van der Waals surface area contributed by atoms with Crippen LogP contribution in [0, 0.1) is 11.3 Å². The van der Waals surface area contributed by atoms with Gasteiger partial charge in [-0.2, -0.15) is 5.26 Å². The summed E-state index contributed by atoms with van der Waals surface area (Å²) in [6.07, 6.45) is 3.70. The van der Waals surface area contributed by atoms with E-state index in [9.17, 15) is 0 Å². The highest BCUT2D eigenvalue weighted by Crippen LogP contribution is 2.28. The van der Waals surface area contributed by atoms with Gasteiger partial charge in [0.25, 0.3) is 0 Å². The summed E-state index contributed by atoms with van der Waals surface area (Å²) in [4.78, 5) is 0. The Morgan fingerprint density at radius 2 is 2.29 bits per heavy atom. The van der Waals surface area contributed by atoms with E-state index in [4.69, 9.17) is 10.00 Å². The van der Waals surface area contributed by atoms with Gasteiger partial charge in [0.2, 0.25) is 0 Å². The van der Waals surface area contributed by atoms with Crippen molar-refractivity contribution in [3.8, 4) is 11.8 Å². The van der Waals surface area contributed by atoms with E-state index in [2.05, 4.69) is 12.6 Å². The monoisotopic (exact) mass is 226 g/mol. The van der Waals surface area contributed by atoms with Gasteiger partial charge in [-0.3, -0.25) is 0 Å². The minimum atomic E-state index is 0.145. The smallest absolute Gasteiger partial charge is 0.120 e. The zero-order chi connectivity index (χ0) is 12.4. The fraction of sp³-hybridized carbons (Fsp3) is 0.214. The number of hydrogen-bond donors (Lipinski definition) is 0. The first-order valence-electron chi connectivity index (χ1n) is 5.42. The van der Waals surface area contributed by atoms with Crippen LogP contribution in [0.15, 0.2) is 37.1 Å². The maximum absolute atomic E-state index is 9.11. The Morgan fingerprint density at radius 1 is 1.53 bits per heavy atom. The molecule has 0 fully saturated rings. The van der Waals surface area contributed by atoms with Crippen molar-refractivity contribution >= 4 is 10.9 Å². The van der Waals surface area contributed by atoms with Crippen molar-refractivity contribution < 1.29 is 4.74 Å². The maximum Gasteiger partial charge on any atom is 0.120 e. The Kier molecular flexibility index (Phi) is 2.88. The van der Waals surface area contributed by atoms with Crippen molar-refractivity contribution in [3.05, 3.63) is 42.6 Å². The summed E-state index contributed by atoms with van der Waals surface area (Å²) in [5, 5.41) is 10.1. The van der Waals surface area contributed by atoms with E-state index in [0.717, 1.165) is 16.7 Å². The summed E-state index contributed by atoms with van der Waals surface area (Å²) >= 11 is 0. The molecular weight excluding hydrogens is 212 g/mol. The second-order valence-electron chi connectivity index (χ2n) is 3.92. The Bertz CT molecular complexity index is 604. The Morgan fingerprint density at radius 3 is 2.88 bits per heavy atom. The molecule has 1 unspecified atom stereocenters. The van der Waals surface area contributed by atoms with Crippen LogP contribution >= 0.6 is 0 Å². The first-order chi connectivity index (χ1) is 8.21. The molecule has 0 spiro atoms. The van der Waals surface area contributed by atoms with Crippen LogP contribution in [-0.2, 0) is 0 Å². The van der Waals surface area contributed by atoms with Crippen molar-refractivity contribution in [2.45, 2.75) is 13.0 Å². The van der Waals surface area contributed by atoms with Crippen molar-refractivity contribution in [3.63, 3.8) is 0 Å². The van der Waals surface area contributed by atoms with Gasteiger partial charge < -0.3 is 9.30 Å². The molecule has 0 saturated carbocycles. The Hall–Kier alpha value is -2.21. The first-order valence-corrected chi connectivity index (χ1v) is 5.42. The summed E-state index contributed by atoms with van der Waals surface area (Å²) in [6.45, 7) is 5.82. The predicted molar refractivity (Wildman–Crippen MR) is 68.1 cm³/mol. The lowest BCUT2D eigenvalue weighted by Crippen LogP contribution is -1.99. The van der Waals surface area contributed by atoms with E-state index in [1.165, 1.54) is 0 Å². The molecule has 3 nitrogen and oxygen atoms in total. The lowest BCUT2D eigenvalue weighted by atomic mass is 10.2. The molecule has 0 radical (unpaired) electrons. The van der Waals surface area contributed by atoms with Crippen LogP contribution in [-0.4, -0.2) is 11.7 Å². The van der Waals surface area contributed by atoms with Gasteiger partial charge in [0.05, 0.1) is 18.2 Å². The van der Waals surface area contributed by atoms with Gasteiger partial charge in [0, 0.05) is 23.7 Å². The molecule has 1 aromatic carbocycles. The van der Waals surface area contributed by atoms with E-state index in [1.54, 1.807) is 7.11 Å². The molecule has 0 aliphatic rings. The number of rotatable bonds is 3. The third-order valence-corrected chi connectivity index (χ3v) is 2.94. The van der Waals surface area contributed by atoms with Gasteiger partial charge in [-0.15, -0.1) is 6.58 Å². The lowest BCUT2D eigenvalue weighted by Gasteiger charge is -2.10. The zero-order valence-corrected chi connectivity index (χ0v) is 9.97. The number of methoxy groups -OCH3 is 1. The van der Waals surface area contributed by atoms with Crippen molar-refractivity contribution in [2.24, 2.45) is 0 Å². The molecule has 0 aliphatic carbocycles. The van der Waals surface area contributed by atoms with Crippen molar-refractivity contribution in [1.82, 2.24) is 4.57 Å². The van der Waals surface area contributed by atoms with E-state index in [1.807, 2.05) is 42.0 Å². The van der Waals surface area contributed by atoms with Gasteiger partial charge in [0.1, 0.15) is 11.8 Å². The molecule has 0 bridgehead atoms. The minimum absolute atomic E-state index is 0.145. The normalized spacial score (nSPS) is 12.1. The molecular formula is C14H14N2O. The third-order valence-electron chi connectivity index (χ3n) is 2.94. The van der Waals surface area contributed by atoms with Crippen LogP contribution in [0.2, 0.25) is 0 Å². The molecule has 17 heavy (non-hydrogen) atoms.